The standard InChI is InChI=1S/C22H19FN4O3/c1-14(28)26-13-12-18(17-4-2-3-5-20(17)26)24-22(30)19-10-11-21(29)27(25-19)16-8-6-15(23)7-9-16/h2-11,18H,12-13H2,1H3,(H,24,30). The van der Waals surface area contributed by atoms with Crippen molar-refractivity contribution in [1.29, 1.82) is 0 Å². The van der Waals surface area contributed by atoms with Gasteiger partial charge in [-0.25, -0.2) is 4.39 Å². The van der Waals surface area contributed by atoms with Crippen molar-refractivity contribution in [2.75, 3.05) is 11.4 Å². The van der Waals surface area contributed by atoms with Gasteiger partial charge in [0.1, 0.15) is 11.5 Å². The zero-order chi connectivity index (χ0) is 21.3. The van der Waals surface area contributed by atoms with E-state index in [4.69, 9.17) is 0 Å². The lowest BCUT2D eigenvalue weighted by Gasteiger charge is -2.34. The number of para-hydroxylation sites is 1. The Bertz CT molecular complexity index is 1170. The minimum Gasteiger partial charge on any atom is -0.344 e. The van der Waals surface area contributed by atoms with Crippen LogP contribution in [0.3, 0.4) is 0 Å². The molecule has 1 N–H and O–H groups in total. The van der Waals surface area contributed by atoms with E-state index in [0.29, 0.717) is 18.7 Å². The molecule has 7 nitrogen and oxygen atoms in total. The Morgan fingerprint density at radius 3 is 2.53 bits per heavy atom. The van der Waals surface area contributed by atoms with Crippen LogP contribution in [0.25, 0.3) is 5.69 Å². The number of amides is 2. The van der Waals surface area contributed by atoms with E-state index in [-0.39, 0.29) is 17.6 Å². The maximum atomic E-state index is 13.2. The molecule has 3 aromatic rings. The molecular weight excluding hydrogens is 387 g/mol. The summed E-state index contributed by atoms with van der Waals surface area (Å²) in [5.74, 6) is -0.932. The fourth-order valence-electron chi connectivity index (χ4n) is 3.57. The molecule has 0 spiro atoms. The first-order chi connectivity index (χ1) is 14.4. The molecule has 152 valence electrons. The maximum absolute atomic E-state index is 13.2. The molecular formula is C22H19FN4O3. The molecule has 0 saturated heterocycles. The van der Waals surface area contributed by atoms with Crippen LogP contribution in [-0.4, -0.2) is 28.1 Å². The lowest BCUT2D eigenvalue weighted by Crippen LogP contribution is -2.40. The van der Waals surface area contributed by atoms with Gasteiger partial charge in [-0.2, -0.15) is 9.78 Å². The predicted molar refractivity (Wildman–Crippen MR) is 109 cm³/mol. The van der Waals surface area contributed by atoms with Crippen LogP contribution in [0.1, 0.15) is 35.4 Å². The van der Waals surface area contributed by atoms with E-state index in [1.807, 2.05) is 24.3 Å². The van der Waals surface area contributed by atoms with Crippen molar-refractivity contribution in [1.82, 2.24) is 15.1 Å². The van der Waals surface area contributed by atoms with Gasteiger partial charge in [0.15, 0.2) is 0 Å². The minimum atomic E-state index is -0.443. The zero-order valence-corrected chi connectivity index (χ0v) is 16.2. The molecule has 0 aliphatic carbocycles. The highest BCUT2D eigenvalue weighted by molar-refractivity contribution is 5.94. The minimum absolute atomic E-state index is 0.0553. The van der Waals surface area contributed by atoms with Crippen LogP contribution < -0.4 is 15.8 Å². The Labute approximate surface area is 171 Å². The van der Waals surface area contributed by atoms with E-state index >= 15 is 0 Å². The van der Waals surface area contributed by atoms with Gasteiger partial charge in [0, 0.05) is 25.2 Å². The molecule has 4 rings (SSSR count). The Balaban J connectivity index is 1.61. The lowest BCUT2D eigenvalue weighted by atomic mass is 9.96. The molecule has 1 aromatic heterocycles. The fraction of sp³-hybridized carbons (Fsp3) is 0.182. The van der Waals surface area contributed by atoms with Crippen LogP contribution in [0.15, 0.2) is 65.5 Å². The second-order valence-electron chi connectivity index (χ2n) is 6.99. The summed E-state index contributed by atoms with van der Waals surface area (Å²) >= 11 is 0. The van der Waals surface area contributed by atoms with Gasteiger partial charge < -0.3 is 10.2 Å². The first-order valence-corrected chi connectivity index (χ1v) is 9.48. The molecule has 0 fully saturated rings. The average Bonchev–Trinajstić information content (AvgIpc) is 2.74. The van der Waals surface area contributed by atoms with Crippen molar-refractivity contribution in [3.05, 3.63) is 88.1 Å². The normalized spacial score (nSPS) is 15.4. The van der Waals surface area contributed by atoms with Gasteiger partial charge in [0.2, 0.25) is 5.91 Å². The van der Waals surface area contributed by atoms with Crippen LogP contribution in [0.2, 0.25) is 0 Å². The van der Waals surface area contributed by atoms with Gasteiger partial charge in [-0.05, 0) is 48.4 Å². The number of aromatic nitrogens is 2. The van der Waals surface area contributed by atoms with Crippen molar-refractivity contribution < 1.29 is 14.0 Å². The van der Waals surface area contributed by atoms with Gasteiger partial charge in [-0.3, -0.25) is 14.4 Å². The smallest absolute Gasteiger partial charge is 0.272 e. The summed E-state index contributed by atoms with van der Waals surface area (Å²) in [6.07, 6.45) is 0.555. The van der Waals surface area contributed by atoms with E-state index in [1.54, 1.807) is 4.90 Å². The second-order valence-corrected chi connectivity index (χ2v) is 6.99. The Hall–Kier alpha value is -3.81. The SMILES string of the molecule is CC(=O)N1CCC(NC(=O)c2ccc(=O)n(-c3ccc(F)cc3)n2)c2ccccc21. The molecule has 1 atom stereocenters. The van der Waals surface area contributed by atoms with E-state index in [1.165, 1.54) is 43.3 Å². The van der Waals surface area contributed by atoms with Crippen molar-refractivity contribution in [2.45, 2.75) is 19.4 Å². The molecule has 2 heterocycles. The van der Waals surface area contributed by atoms with Gasteiger partial charge in [-0.1, -0.05) is 18.2 Å². The molecule has 2 amide bonds. The number of fused-ring (bicyclic) bond motifs is 1. The molecule has 1 aliphatic heterocycles. The maximum Gasteiger partial charge on any atom is 0.272 e. The Morgan fingerprint density at radius 1 is 1.07 bits per heavy atom. The van der Waals surface area contributed by atoms with E-state index in [0.717, 1.165) is 15.9 Å². The number of nitrogens with zero attached hydrogens (tertiary/aromatic N) is 3. The molecule has 0 bridgehead atoms. The molecule has 1 aliphatic rings. The van der Waals surface area contributed by atoms with Crippen LogP contribution in [0.5, 0.6) is 0 Å². The van der Waals surface area contributed by atoms with Crippen molar-refractivity contribution >= 4 is 17.5 Å². The number of hydrogen-bond donors (Lipinski definition) is 1. The topological polar surface area (TPSA) is 84.3 Å². The largest absolute Gasteiger partial charge is 0.344 e. The first-order valence-electron chi connectivity index (χ1n) is 9.48. The number of hydrogen-bond acceptors (Lipinski definition) is 4. The third-order valence-electron chi connectivity index (χ3n) is 5.03. The van der Waals surface area contributed by atoms with Gasteiger partial charge in [0.05, 0.1) is 11.7 Å². The van der Waals surface area contributed by atoms with Crippen LogP contribution in [0.4, 0.5) is 10.1 Å². The quantitative estimate of drug-likeness (QED) is 0.725. The molecule has 30 heavy (non-hydrogen) atoms. The number of rotatable bonds is 3. The number of benzene rings is 2. The van der Waals surface area contributed by atoms with Crippen LogP contribution in [-0.2, 0) is 4.79 Å². The third kappa shape index (κ3) is 3.71. The first kappa shape index (κ1) is 19.5. The summed E-state index contributed by atoms with van der Waals surface area (Å²) in [5, 5.41) is 7.09. The van der Waals surface area contributed by atoms with Gasteiger partial charge in [0.25, 0.3) is 11.5 Å². The monoisotopic (exact) mass is 406 g/mol. The Morgan fingerprint density at radius 2 is 1.80 bits per heavy atom. The third-order valence-corrected chi connectivity index (χ3v) is 5.03. The number of halogens is 1. The number of carbonyl (C=O) groups excluding carboxylic acids is 2. The highest BCUT2D eigenvalue weighted by atomic mass is 19.1. The van der Waals surface area contributed by atoms with Gasteiger partial charge in [-0.15, -0.1) is 0 Å². The number of nitrogens with one attached hydrogen (secondary N) is 1. The molecule has 0 saturated carbocycles. The van der Waals surface area contributed by atoms with Crippen LogP contribution >= 0.6 is 0 Å². The van der Waals surface area contributed by atoms with Crippen molar-refractivity contribution in [3.8, 4) is 5.69 Å². The van der Waals surface area contributed by atoms with Crippen LogP contribution in [0, 0.1) is 5.82 Å². The summed E-state index contributed by atoms with van der Waals surface area (Å²) in [4.78, 5) is 38.6. The molecule has 8 heteroatoms. The predicted octanol–water partition coefficient (Wildman–Crippen LogP) is 2.60. The number of anilines is 1. The summed E-state index contributed by atoms with van der Waals surface area (Å²) in [5.41, 5.74) is 1.60. The lowest BCUT2D eigenvalue weighted by molar-refractivity contribution is -0.116. The van der Waals surface area contributed by atoms with E-state index < -0.39 is 17.3 Å². The highest BCUT2D eigenvalue weighted by Crippen LogP contribution is 2.33. The highest BCUT2D eigenvalue weighted by Gasteiger charge is 2.28. The second kappa shape index (κ2) is 7.90. The molecule has 0 radical (unpaired) electrons. The Kier molecular flexibility index (Phi) is 5.14. The van der Waals surface area contributed by atoms with E-state index in [9.17, 15) is 18.8 Å². The molecule has 1 unspecified atom stereocenters. The van der Waals surface area contributed by atoms with Gasteiger partial charge >= 0.3 is 0 Å². The van der Waals surface area contributed by atoms with Crippen molar-refractivity contribution in [3.63, 3.8) is 0 Å². The summed E-state index contributed by atoms with van der Waals surface area (Å²) in [6, 6.07) is 15.0. The van der Waals surface area contributed by atoms with E-state index in [2.05, 4.69) is 10.4 Å². The summed E-state index contributed by atoms with van der Waals surface area (Å²) < 4.78 is 14.2. The van der Waals surface area contributed by atoms with Crippen molar-refractivity contribution in [2.24, 2.45) is 0 Å². The summed E-state index contributed by atoms with van der Waals surface area (Å²) in [7, 11) is 0. The summed E-state index contributed by atoms with van der Waals surface area (Å²) in [6.45, 7) is 2.00. The number of carbonyl (C=O) groups is 2. The molecule has 2 aromatic carbocycles. The average molecular weight is 406 g/mol. The fourth-order valence-corrected chi connectivity index (χ4v) is 3.57. The zero-order valence-electron chi connectivity index (χ0n) is 16.2.